The maximum Gasteiger partial charge on any atom is 0.328 e. The maximum atomic E-state index is 10.5. The number of hydrogen-bond donors (Lipinski definition) is 3. The van der Waals surface area contributed by atoms with Crippen LogP contribution < -0.4 is 10.6 Å². The molecule has 0 amide bonds. The van der Waals surface area contributed by atoms with E-state index in [0.29, 0.717) is 13.1 Å². The summed E-state index contributed by atoms with van der Waals surface area (Å²) < 4.78 is 0. The lowest BCUT2D eigenvalue weighted by atomic mass is 10.2. The van der Waals surface area contributed by atoms with Gasteiger partial charge in [-0.05, 0) is 6.72 Å². The molecule has 5 heteroatoms. The van der Waals surface area contributed by atoms with E-state index in [1.807, 2.05) is 0 Å². The van der Waals surface area contributed by atoms with Gasteiger partial charge in [-0.15, -0.1) is 0 Å². The van der Waals surface area contributed by atoms with E-state index in [4.69, 9.17) is 5.11 Å². The van der Waals surface area contributed by atoms with E-state index in [9.17, 15) is 4.79 Å². The normalized spacial score (nSPS) is 17.2. The molecule has 0 aromatic heterocycles. The Morgan fingerprint density at radius 3 is 3.08 bits per heavy atom. The summed E-state index contributed by atoms with van der Waals surface area (Å²) in [5, 5.41) is 14.5. The van der Waals surface area contributed by atoms with Crippen LogP contribution in [0, 0.1) is 0 Å². The third-order valence-electron chi connectivity index (χ3n) is 1.61. The van der Waals surface area contributed by atoms with E-state index < -0.39 is 12.0 Å². The zero-order valence-electron chi connectivity index (χ0n) is 6.58. The van der Waals surface area contributed by atoms with Crippen molar-refractivity contribution in [2.24, 2.45) is 4.99 Å². The zero-order valence-corrected chi connectivity index (χ0v) is 6.58. The van der Waals surface area contributed by atoms with Gasteiger partial charge in [0.05, 0.1) is 6.67 Å². The molecule has 1 aliphatic rings. The van der Waals surface area contributed by atoms with Gasteiger partial charge in [-0.2, -0.15) is 0 Å². The molecule has 0 radical (unpaired) electrons. The first kappa shape index (κ1) is 8.58. The maximum absolute atomic E-state index is 10.5. The van der Waals surface area contributed by atoms with Gasteiger partial charge in [0.25, 0.3) is 0 Å². The van der Waals surface area contributed by atoms with Crippen LogP contribution >= 0.6 is 0 Å². The van der Waals surface area contributed by atoms with Crippen LogP contribution in [0.5, 0.6) is 0 Å². The number of rotatable bonds is 4. The van der Waals surface area contributed by atoms with E-state index in [1.165, 1.54) is 0 Å². The van der Waals surface area contributed by atoms with Crippen LogP contribution in [0.25, 0.3) is 0 Å². The third kappa shape index (κ3) is 1.98. The van der Waals surface area contributed by atoms with Crippen molar-refractivity contribution in [1.82, 2.24) is 10.6 Å². The summed E-state index contributed by atoms with van der Waals surface area (Å²) in [5.74, 6) is -0.945. The van der Waals surface area contributed by atoms with Crippen LogP contribution in [0.3, 0.4) is 0 Å². The van der Waals surface area contributed by atoms with Crippen LogP contribution in [0.2, 0.25) is 0 Å². The summed E-state index contributed by atoms with van der Waals surface area (Å²) in [4.78, 5) is 14.0. The zero-order chi connectivity index (χ0) is 8.97. The van der Waals surface area contributed by atoms with E-state index in [0.717, 1.165) is 5.70 Å². The number of aliphatic carboxylic acids is 1. The molecule has 1 heterocycles. The van der Waals surface area contributed by atoms with Crippen LogP contribution in [-0.2, 0) is 4.79 Å². The number of carboxylic acids is 1. The molecule has 0 aliphatic carbocycles. The summed E-state index contributed by atoms with van der Waals surface area (Å²) >= 11 is 0. The minimum Gasteiger partial charge on any atom is -0.480 e. The quantitative estimate of drug-likeness (QED) is 0.497. The van der Waals surface area contributed by atoms with Crippen molar-refractivity contribution < 1.29 is 9.90 Å². The van der Waals surface area contributed by atoms with Crippen LogP contribution in [0.4, 0.5) is 0 Å². The molecule has 12 heavy (non-hydrogen) atoms. The molecule has 5 nitrogen and oxygen atoms in total. The Labute approximate surface area is 70.2 Å². The molecule has 1 unspecified atom stereocenters. The lowest BCUT2D eigenvalue weighted by molar-refractivity contribution is -0.138. The van der Waals surface area contributed by atoms with E-state index in [1.54, 1.807) is 6.20 Å². The van der Waals surface area contributed by atoms with Gasteiger partial charge in [0, 0.05) is 18.3 Å². The van der Waals surface area contributed by atoms with E-state index in [2.05, 4.69) is 22.3 Å². The molecule has 0 saturated carbocycles. The van der Waals surface area contributed by atoms with E-state index in [-0.39, 0.29) is 0 Å². The number of carboxylic acid groups (broad SMARTS) is 1. The summed E-state index contributed by atoms with van der Waals surface area (Å²) in [6.45, 7) is 3.87. The molecule has 0 aromatic rings. The standard InChI is InChI=1S/C7H11N3O2/c1-8-6(7(11)12)2-5-3-9-4-10-5/h3,6,9-10H,1-2,4H2,(H,11,12). The highest BCUT2D eigenvalue weighted by Gasteiger charge is 2.17. The SMILES string of the molecule is C=NC(CC1=CNCN1)C(=O)O. The van der Waals surface area contributed by atoms with Gasteiger partial charge in [-0.25, -0.2) is 4.79 Å². The van der Waals surface area contributed by atoms with Gasteiger partial charge in [-0.3, -0.25) is 4.99 Å². The molecule has 1 atom stereocenters. The molecular weight excluding hydrogens is 158 g/mol. The van der Waals surface area contributed by atoms with Crippen LogP contribution in [-0.4, -0.2) is 30.5 Å². The summed E-state index contributed by atoms with van der Waals surface area (Å²) in [6, 6.07) is -0.747. The number of aliphatic imine (C=N–C) groups is 1. The lowest BCUT2D eigenvalue weighted by Gasteiger charge is -2.06. The molecule has 3 N–H and O–H groups in total. The minimum atomic E-state index is -0.945. The fourth-order valence-corrected chi connectivity index (χ4v) is 0.959. The monoisotopic (exact) mass is 169 g/mol. The molecular formula is C7H11N3O2. The van der Waals surface area contributed by atoms with Crippen molar-refractivity contribution >= 4 is 12.7 Å². The molecule has 1 aliphatic heterocycles. The number of carbonyl (C=O) groups is 1. The highest BCUT2D eigenvalue weighted by molar-refractivity contribution is 5.74. The first-order valence-electron chi connectivity index (χ1n) is 3.59. The molecule has 0 bridgehead atoms. The fraction of sp³-hybridized carbons (Fsp3) is 0.429. The Kier molecular flexibility index (Phi) is 2.68. The largest absolute Gasteiger partial charge is 0.480 e. The molecule has 0 aromatic carbocycles. The Bertz CT molecular complexity index is 225. The first-order valence-corrected chi connectivity index (χ1v) is 3.59. The smallest absolute Gasteiger partial charge is 0.328 e. The molecule has 0 spiro atoms. The second-order valence-corrected chi connectivity index (χ2v) is 2.47. The summed E-state index contributed by atoms with van der Waals surface area (Å²) in [6.07, 6.45) is 2.12. The second-order valence-electron chi connectivity index (χ2n) is 2.47. The van der Waals surface area contributed by atoms with E-state index >= 15 is 0 Å². The Hall–Kier alpha value is -1.52. The predicted molar refractivity (Wildman–Crippen MR) is 44.8 cm³/mol. The van der Waals surface area contributed by atoms with Crippen LogP contribution in [0.1, 0.15) is 6.42 Å². The average Bonchev–Trinajstić information content (AvgIpc) is 2.51. The molecule has 66 valence electrons. The molecule has 1 rings (SSSR count). The van der Waals surface area contributed by atoms with Gasteiger partial charge in [-0.1, -0.05) is 0 Å². The van der Waals surface area contributed by atoms with Crippen molar-refractivity contribution in [3.8, 4) is 0 Å². The Morgan fingerprint density at radius 1 is 1.92 bits per heavy atom. The highest BCUT2D eigenvalue weighted by Crippen LogP contribution is 2.06. The number of nitrogens with one attached hydrogen (secondary N) is 2. The van der Waals surface area contributed by atoms with Crippen molar-refractivity contribution in [3.05, 3.63) is 11.9 Å². The van der Waals surface area contributed by atoms with Crippen LogP contribution in [0.15, 0.2) is 16.9 Å². The molecule has 0 saturated heterocycles. The highest BCUT2D eigenvalue weighted by atomic mass is 16.4. The van der Waals surface area contributed by atoms with Gasteiger partial charge in [0.2, 0.25) is 0 Å². The Morgan fingerprint density at radius 2 is 2.67 bits per heavy atom. The number of nitrogens with zero attached hydrogens (tertiary/aromatic N) is 1. The van der Waals surface area contributed by atoms with Crippen molar-refractivity contribution in [2.75, 3.05) is 6.67 Å². The van der Waals surface area contributed by atoms with Gasteiger partial charge >= 0.3 is 5.97 Å². The fourth-order valence-electron chi connectivity index (χ4n) is 0.959. The summed E-state index contributed by atoms with van der Waals surface area (Å²) in [5.41, 5.74) is 0.856. The Balaban J connectivity index is 2.46. The predicted octanol–water partition coefficient (Wildman–Crippen LogP) is -0.478. The second kappa shape index (κ2) is 3.75. The van der Waals surface area contributed by atoms with Crippen molar-refractivity contribution in [1.29, 1.82) is 0 Å². The topological polar surface area (TPSA) is 73.7 Å². The average molecular weight is 169 g/mol. The third-order valence-corrected chi connectivity index (χ3v) is 1.61. The van der Waals surface area contributed by atoms with Crippen molar-refractivity contribution in [3.63, 3.8) is 0 Å². The number of hydrogen-bond acceptors (Lipinski definition) is 4. The van der Waals surface area contributed by atoms with Crippen molar-refractivity contribution in [2.45, 2.75) is 12.5 Å². The molecule has 0 fully saturated rings. The van der Waals surface area contributed by atoms with Gasteiger partial charge in [0.15, 0.2) is 6.04 Å². The summed E-state index contributed by atoms with van der Waals surface area (Å²) in [7, 11) is 0. The van der Waals surface area contributed by atoms with Gasteiger partial charge in [0.1, 0.15) is 0 Å². The lowest BCUT2D eigenvalue weighted by Crippen LogP contribution is -2.22. The van der Waals surface area contributed by atoms with Gasteiger partial charge < -0.3 is 15.7 Å². The first-order chi connectivity index (χ1) is 5.74. The minimum absolute atomic E-state index is 0.367.